The average Bonchev–Trinajstić information content (AvgIpc) is 2.91. The second kappa shape index (κ2) is 6.98. The third-order valence-electron chi connectivity index (χ3n) is 3.25. The van der Waals surface area contributed by atoms with Gasteiger partial charge in [0.2, 0.25) is 0 Å². The summed E-state index contributed by atoms with van der Waals surface area (Å²) in [6, 6.07) is 12.0. The first-order valence-corrected chi connectivity index (χ1v) is 8.17. The number of amides is 1. The number of aromatic hydroxyl groups is 1. The quantitative estimate of drug-likeness (QED) is 0.813. The van der Waals surface area contributed by atoms with E-state index in [0.717, 1.165) is 0 Å². The summed E-state index contributed by atoms with van der Waals surface area (Å²) in [6.45, 7) is 0. The minimum atomic E-state index is -0.277. The van der Waals surface area contributed by atoms with Crippen molar-refractivity contribution < 1.29 is 14.6 Å². The average molecular weight is 361 g/mol. The van der Waals surface area contributed by atoms with Crippen molar-refractivity contribution in [1.29, 1.82) is 0 Å². The number of carbonyl (C=O) groups excluding carboxylic acids is 1. The fourth-order valence-corrected chi connectivity index (χ4v) is 3.05. The Balaban J connectivity index is 1.86. The number of para-hydroxylation sites is 1. The van der Waals surface area contributed by atoms with Gasteiger partial charge in [0.25, 0.3) is 5.91 Å². The molecule has 122 valence electrons. The third kappa shape index (κ3) is 3.55. The zero-order valence-corrected chi connectivity index (χ0v) is 14.2. The maximum atomic E-state index is 12.1. The SMILES string of the molecule is COc1ccc(/C=C2/SC(=Nc3ccccc3Cl)NC2=O)c(O)c1. The van der Waals surface area contributed by atoms with E-state index in [9.17, 15) is 9.90 Å². The third-order valence-corrected chi connectivity index (χ3v) is 4.48. The number of phenolic OH excluding ortho intramolecular Hbond substituents is 1. The molecule has 0 saturated carbocycles. The summed E-state index contributed by atoms with van der Waals surface area (Å²) in [5, 5.41) is 13.6. The minimum absolute atomic E-state index is 0.0340. The van der Waals surface area contributed by atoms with Gasteiger partial charge in [0, 0.05) is 11.6 Å². The molecule has 1 fully saturated rings. The van der Waals surface area contributed by atoms with Gasteiger partial charge in [-0.2, -0.15) is 0 Å². The van der Waals surface area contributed by atoms with Gasteiger partial charge in [-0.15, -0.1) is 0 Å². The number of aliphatic imine (C=N–C) groups is 1. The highest BCUT2D eigenvalue weighted by Crippen LogP contribution is 2.33. The highest BCUT2D eigenvalue weighted by atomic mass is 35.5. The van der Waals surface area contributed by atoms with Gasteiger partial charge < -0.3 is 15.2 Å². The molecular formula is C17H13ClN2O3S. The molecule has 0 aliphatic carbocycles. The Labute approximate surface area is 148 Å². The summed E-state index contributed by atoms with van der Waals surface area (Å²) >= 11 is 7.25. The number of methoxy groups -OCH3 is 1. The number of phenols is 1. The van der Waals surface area contributed by atoms with Crippen LogP contribution in [0.4, 0.5) is 5.69 Å². The first kappa shape index (κ1) is 16.4. The maximum Gasteiger partial charge on any atom is 0.264 e. The summed E-state index contributed by atoms with van der Waals surface area (Å²) in [5.41, 5.74) is 1.10. The van der Waals surface area contributed by atoms with Crippen LogP contribution >= 0.6 is 23.4 Å². The van der Waals surface area contributed by atoms with Crippen LogP contribution in [0.2, 0.25) is 5.02 Å². The Kier molecular flexibility index (Phi) is 4.78. The maximum absolute atomic E-state index is 12.1. The molecule has 2 N–H and O–H groups in total. The molecular weight excluding hydrogens is 348 g/mol. The first-order chi connectivity index (χ1) is 11.6. The molecule has 1 heterocycles. The van der Waals surface area contributed by atoms with Crippen LogP contribution in [0.3, 0.4) is 0 Å². The molecule has 0 aromatic heterocycles. The molecule has 1 saturated heterocycles. The Hall–Kier alpha value is -2.44. The largest absolute Gasteiger partial charge is 0.507 e. The lowest BCUT2D eigenvalue weighted by atomic mass is 10.1. The van der Waals surface area contributed by atoms with Gasteiger partial charge in [-0.1, -0.05) is 23.7 Å². The normalized spacial score (nSPS) is 17.3. The number of benzene rings is 2. The van der Waals surface area contributed by atoms with Crippen molar-refractivity contribution in [3.8, 4) is 11.5 Å². The van der Waals surface area contributed by atoms with E-state index in [-0.39, 0.29) is 11.7 Å². The van der Waals surface area contributed by atoms with Gasteiger partial charge >= 0.3 is 0 Å². The van der Waals surface area contributed by atoms with Crippen LogP contribution in [-0.2, 0) is 4.79 Å². The van der Waals surface area contributed by atoms with Crippen molar-refractivity contribution in [3.63, 3.8) is 0 Å². The number of nitrogens with zero attached hydrogens (tertiary/aromatic N) is 1. The Morgan fingerprint density at radius 2 is 2.08 bits per heavy atom. The van der Waals surface area contributed by atoms with Crippen LogP contribution < -0.4 is 10.1 Å². The Morgan fingerprint density at radius 1 is 1.29 bits per heavy atom. The van der Waals surface area contributed by atoms with E-state index in [1.807, 2.05) is 12.1 Å². The van der Waals surface area contributed by atoms with Crippen LogP contribution in [0.5, 0.6) is 11.5 Å². The molecule has 24 heavy (non-hydrogen) atoms. The minimum Gasteiger partial charge on any atom is -0.507 e. The fourth-order valence-electron chi connectivity index (χ4n) is 2.05. The number of carbonyl (C=O) groups is 1. The predicted octanol–water partition coefficient (Wildman–Crippen LogP) is 3.95. The molecule has 0 unspecified atom stereocenters. The fraction of sp³-hybridized carbons (Fsp3) is 0.0588. The van der Waals surface area contributed by atoms with Gasteiger partial charge in [-0.05, 0) is 42.1 Å². The number of halogens is 1. The van der Waals surface area contributed by atoms with Crippen LogP contribution in [0.1, 0.15) is 5.56 Å². The molecule has 0 bridgehead atoms. The van der Waals surface area contributed by atoms with Crippen LogP contribution in [0, 0.1) is 0 Å². The van der Waals surface area contributed by atoms with Gasteiger partial charge in [0.05, 0.1) is 22.7 Å². The van der Waals surface area contributed by atoms with E-state index in [1.165, 1.54) is 24.9 Å². The lowest BCUT2D eigenvalue weighted by Gasteiger charge is -2.03. The first-order valence-electron chi connectivity index (χ1n) is 6.98. The standard InChI is InChI=1S/C17H13ClN2O3S/c1-23-11-7-6-10(14(21)9-11)8-15-16(22)20-17(24-15)19-13-5-3-2-4-12(13)18/h2-9,21H,1H3,(H,19,20,22)/b15-8+. The zero-order chi connectivity index (χ0) is 17.1. The Morgan fingerprint density at radius 3 is 2.79 bits per heavy atom. The van der Waals surface area contributed by atoms with Gasteiger partial charge in [-0.25, -0.2) is 4.99 Å². The molecule has 0 spiro atoms. The highest BCUT2D eigenvalue weighted by Gasteiger charge is 2.24. The number of ether oxygens (including phenoxy) is 1. The van der Waals surface area contributed by atoms with Gasteiger partial charge in [-0.3, -0.25) is 4.79 Å². The van der Waals surface area contributed by atoms with Gasteiger partial charge in [0.15, 0.2) is 5.17 Å². The van der Waals surface area contributed by atoms with E-state index in [0.29, 0.717) is 32.1 Å². The van der Waals surface area contributed by atoms with Crippen molar-refractivity contribution in [2.45, 2.75) is 0 Å². The molecule has 0 atom stereocenters. The second-order valence-corrected chi connectivity index (χ2v) is 6.30. The number of thioether (sulfide) groups is 1. The van der Waals surface area contributed by atoms with Crippen LogP contribution in [0.15, 0.2) is 52.4 Å². The van der Waals surface area contributed by atoms with Crippen molar-refractivity contribution in [2.75, 3.05) is 7.11 Å². The van der Waals surface area contributed by atoms with E-state index in [1.54, 1.807) is 30.3 Å². The Bertz CT molecular complexity index is 865. The van der Waals surface area contributed by atoms with Crippen molar-refractivity contribution >= 4 is 46.2 Å². The van der Waals surface area contributed by atoms with Crippen LogP contribution in [0.25, 0.3) is 6.08 Å². The van der Waals surface area contributed by atoms with E-state index in [2.05, 4.69) is 10.3 Å². The van der Waals surface area contributed by atoms with Crippen molar-refractivity contribution in [3.05, 3.63) is 58.0 Å². The predicted molar refractivity (Wildman–Crippen MR) is 96.9 cm³/mol. The smallest absolute Gasteiger partial charge is 0.264 e. The number of rotatable bonds is 3. The molecule has 2 aromatic rings. The molecule has 7 heteroatoms. The molecule has 2 aromatic carbocycles. The number of nitrogens with one attached hydrogen (secondary N) is 1. The summed E-state index contributed by atoms with van der Waals surface area (Å²) in [5.74, 6) is 0.298. The molecule has 1 aliphatic heterocycles. The van der Waals surface area contributed by atoms with Gasteiger partial charge in [0.1, 0.15) is 11.5 Å². The monoisotopic (exact) mass is 360 g/mol. The molecule has 5 nitrogen and oxygen atoms in total. The van der Waals surface area contributed by atoms with Crippen molar-refractivity contribution in [1.82, 2.24) is 5.32 Å². The molecule has 1 aliphatic rings. The summed E-state index contributed by atoms with van der Waals surface area (Å²) < 4.78 is 5.04. The number of hydrogen-bond acceptors (Lipinski definition) is 5. The number of amidine groups is 1. The molecule has 1 amide bonds. The lowest BCUT2D eigenvalue weighted by molar-refractivity contribution is -0.115. The summed E-state index contributed by atoms with van der Waals surface area (Å²) in [4.78, 5) is 16.9. The highest BCUT2D eigenvalue weighted by molar-refractivity contribution is 8.18. The van der Waals surface area contributed by atoms with Crippen LogP contribution in [-0.4, -0.2) is 23.3 Å². The lowest BCUT2D eigenvalue weighted by Crippen LogP contribution is -2.19. The zero-order valence-electron chi connectivity index (χ0n) is 12.6. The van der Waals surface area contributed by atoms with Crippen molar-refractivity contribution in [2.24, 2.45) is 4.99 Å². The molecule has 0 radical (unpaired) electrons. The molecule has 3 rings (SSSR count). The van der Waals surface area contributed by atoms with E-state index < -0.39 is 0 Å². The topological polar surface area (TPSA) is 70.9 Å². The van der Waals surface area contributed by atoms with E-state index >= 15 is 0 Å². The number of hydrogen-bond donors (Lipinski definition) is 2. The second-order valence-electron chi connectivity index (χ2n) is 4.86. The summed E-state index contributed by atoms with van der Waals surface area (Å²) in [6.07, 6.45) is 1.60. The van der Waals surface area contributed by atoms with E-state index in [4.69, 9.17) is 16.3 Å². The summed E-state index contributed by atoms with van der Waals surface area (Å²) in [7, 11) is 1.52.